The number of hydrogen-bond donors (Lipinski definition) is 8. The summed E-state index contributed by atoms with van der Waals surface area (Å²) in [5, 5.41) is 57.3. The lowest BCUT2D eigenvalue weighted by Crippen LogP contribution is -2.42. The highest BCUT2D eigenvalue weighted by Crippen LogP contribution is 2.51. The van der Waals surface area contributed by atoms with Gasteiger partial charge in [0.15, 0.2) is 5.71 Å². The van der Waals surface area contributed by atoms with Crippen molar-refractivity contribution in [3.05, 3.63) is 120 Å². The number of amides is 2. The molecule has 2 unspecified atom stereocenters. The Hall–Kier alpha value is -7.21. The zero-order chi connectivity index (χ0) is 53.4. The van der Waals surface area contributed by atoms with Crippen molar-refractivity contribution in [2.24, 2.45) is 0 Å². The predicted octanol–water partition coefficient (Wildman–Crippen LogP) is 7.04. The van der Waals surface area contributed by atoms with Crippen molar-refractivity contribution in [2.75, 3.05) is 18.0 Å². The van der Waals surface area contributed by atoms with Gasteiger partial charge in [-0.1, -0.05) is 67.5 Å². The van der Waals surface area contributed by atoms with Crippen LogP contribution in [0.15, 0.2) is 119 Å². The number of hydrogen-bond acceptors (Lipinski definition) is 13. The number of rotatable bonds is 24. The third-order valence-corrected chi connectivity index (χ3v) is 14.1. The molecule has 4 aromatic carbocycles. The summed E-state index contributed by atoms with van der Waals surface area (Å²) in [6.07, 6.45) is 11.9. The summed E-state index contributed by atoms with van der Waals surface area (Å²) in [7, 11) is -4.48. The molecule has 8 N–H and O–H groups in total. The third-order valence-electron chi connectivity index (χ3n) is 12.6. The number of aliphatic carboxylic acids is 4. The van der Waals surface area contributed by atoms with Crippen LogP contribution in [0.4, 0.5) is 11.4 Å². The highest BCUT2D eigenvalue weighted by molar-refractivity contribution is 7.94. The second-order valence-electron chi connectivity index (χ2n) is 18.3. The van der Waals surface area contributed by atoms with Crippen molar-refractivity contribution in [1.29, 1.82) is 0 Å². The van der Waals surface area contributed by atoms with Crippen LogP contribution in [0, 0.1) is 0 Å². The molecule has 386 valence electrons. The molecular weight excluding hydrogens is 989 g/mol. The molecule has 4 aromatic rings. The van der Waals surface area contributed by atoms with E-state index >= 15 is 0 Å². The molecule has 0 fully saturated rings. The molecule has 0 spiro atoms. The van der Waals surface area contributed by atoms with Gasteiger partial charge in [-0.25, -0.2) is 14.8 Å². The maximum atomic E-state index is 12.8. The molecule has 6 rings (SSSR count). The number of carboxylic acid groups (broad SMARTS) is 4. The normalized spacial score (nSPS) is 16.4. The predicted molar refractivity (Wildman–Crippen MR) is 269 cm³/mol. The smallest absolute Gasteiger partial charge is 0.326 e. The standard InChI is InChI=1S/C51H54N4O16S2/c1-50(2)40(54(24-10-14-42(56)52-36(48(62)63)28-44(58)59)38-22-16-30-26-32(72-71-70-66)18-20-34(30)46(38)50)12-8-6-5-7-9-13-41-51(3,4)47-35-21-19-33(73(67,68)69)27-31(35)17-23-39(47)55(41)25-11-15-43(57)53-37(49(64)65)29-45(60)61/h5-9,12-13,16-23,26-27,36-37H,10-11,14-15,24-25,28-29H2,1-4H3,(H7-,52,53,56,57,58,59,60,61,62,63,64,65,66,67,68,69)/p+1. The van der Waals surface area contributed by atoms with E-state index in [-0.39, 0.29) is 24.2 Å². The lowest BCUT2D eigenvalue weighted by atomic mass is 9.79. The Bertz CT molecular complexity index is 3140. The largest absolute Gasteiger partial charge is 0.481 e. The van der Waals surface area contributed by atoms with Crippen molar-refractivity contribution < 1.29 is 81.4 Å². The molecule has 20 nitrogen and oxygen atoms in total. The molecular formula is C51H55N4O16S2+. The maximum Gasteiger partial charge on any atom is 0.326 e. The summed E-state index contributed by atoms with van der Waals surface area (Å²) in [5.41, 5.74) is 3.98. The Morgan fingerprint density at radius 3 is 1.92 bits per heavy atom. The van der Waals surface area contributed by atoms with Gasteiger partial charge in [0, 0.05) is 65.2 Å². The molecule has 2 aliphatic heterocycles. The summed E-state index contributed by atoms with van der Waals surface area (Å²) < 4.78 is 40.5. The zero-order valence-electron chi connectivity index (χ0n) is 40.1. The fourth-order valence-electron chi connectivity index (χ4n) is 9.46. The SMILES string of the molecule is CC1(C)C(/C=C/C=C/C=C/C=C2/N(CCCC(=O)NC(CC(=O)O)C(=O)O)c3ccc4cc(S(=O)(=O)O)ccc4c3C2(C)C)=[N+](CCCC(=O)NC(CC(=O)O)C(=O)O)c2ccc3cc(SOOO)ccc3c21. The summed E-state index contributed by atoms with van der Waals surface area (Å²) in [5.74, 6) is -6.89. The molecule has 0 aliphatic carbocycles. The molecule has 0 aromatic heterocycles. The Labute approximate surface area is 423 Å². The van der Waals surface area contributed by atoms with Crippen molar-refractivity contribution >= 4 is 96.5 Å². The van der Waals surface area contributed by atoms with Crippen LogP contribution in [-0.4, -0.2) is 110 Å². The van der Waals surface area contributed by atoms with Gasteiger partial charge in [0.25, 0.3) is 10.1 Å². The number of fused-ring (bicyclic) bond motifs is 6. The molecule has 2 aliphatic rings. The van der Waals surface area contributed by atoms with E-state index in [4.69, 9.17) is 15.5 Å². The number of nitrogens with zero attached hydrogens (tertiary/aromatic N) is 2. The second kappa shape index (κ2) is 23.1. The minimum absolute atomic E-state index is 0.0738. The first-order valence-corrected chi connectivity index (χ1v) is 25.0. The number of anilines is 1. The molecule has 2 heterocycles. The van der Waals surface area contributed by atoms with Crippen LogP contribution in [0.25, 0.3) is 21.5 Å². The highest BCUT2D eigenvalue weighted by Gasteiger charge is 2.46. The van der Waals surface area contributed by atoms with Crippen LogP contribution >= 0.6 is 12.0 Å². The van der Waals surface area contributed by atoms with Gasteiger partial charge < -0.3 is 36.0 Å². The van der Waals surface area contributed by atoms with E-state index in [1.165, 1.54) is 12.1 Å². The number of benzene rings is 4. The van der Waals surface area contributed by atoms with E-state index in [1.54, 1.807) is 12.1 Å². The van der Waals surface area contributed by atoms with Gasteiger partial charge in [-0.05, 0) is 89.9 Å². The molecule has 2 amide bonds. The first kappa shape index (κ1) is 55.1. The van der Waals surface area contributed by atoms with E-state index in [2.05, 4.69) is 38.4 Å². The van der Waals surface area contributed by atoms with Crippen molar-refractivity contribution in [3.8, 4) is 0 Å². The van der Waals surface area contributed by atoms with E-state index in [9.17, 15) is 52.0 Å². The van der Waals surface area contributed by atoms with Crippen LogP contribution in [0.2, 0.25) is 0 Å². The van der Waals surface area contributed by atoms with Gasteiger partial charge >= 0.3 is 23.9 Å². The second-order valence-corrected chi connectivity index (χ2v) is 20.5. The molecule has 22 heteroatoms. The number of carbonyl (C=O) groups is 6. The average Bonchev–Trinajstić information content (AvgIpc) is 3.66. The molecule has 0 saturated heterocycles. The van der Waals surface area contributed by atoms with Gasteiger partial charge in [0.05, 0.1) is 35.2 Å². The van der Waals surface area contributed by atoms with E-state index < -0.39 is 81.6 Å². The van der Waals surface area contributed by atoms with Gasteiger partial charge in [0.2, 0.25) is 17.5 Å². The summed E-state index contributed by atoms with van der Waals surface area (Å²) in [6, 6.07) is 14.3. The number of nitrogens with one attached hydrogen (secondary N) is 2. The van der Waals surface area contributed by atoms with E-state index in [0.29, 0.717) is 29.8 Å². The minimum atomic E-state index is -4.48. The van der Waals surface area contributed by atoms with E-state index in [1.807, 2.05) is 97.7 Å². The Kier molecular flexibility index (Phi) is 17.5. The topological polar surface area (TPSA) is 307 Å². The van der Waals surface area contributed by atoms with Gasteiger partial charge in [-0.2, -0.15) is 13.0 Å². The summed E-state index contributed by atoms with van der Waals surface area (Å²) in [6.45, 7) is 8.79. The minimum Gasteiger partial charge on any atom is -0.481 e. The first-order chi connectivity index (χ1) is 34.4. The van der Waals surface area contributed by atoms with Crippen molar-refractivity contribution in [3.63, 3.8) is 0 Å². The third kappa shape index (κ3) is 12.9. The van der Waals surface area contributed by atoms with E-state index in [0.717, 1.165) is 62.1 Å². The summed E-state index contributed by atoms with van der Waals surface area (Å²) >= 11 is 0.833. The monoisotopic (exact) mass is 1040 g/mol. The first-order valence-electron chi connectivity index (χ1n) is 22.8. The van der Waals surface area contributed by atoms with Gasteiger partial charge in [-0.3, -0.25) is 23.7 Å². The molecule has 2 atom stereocenters. The number of allylic oxidation sites excluding steroid dienone is 8. The van der Waals surface area contributed by atoms with Crippen molar-refractivity contribution in [2.45, 2.75) is 98.9 Å². The summed E-state index contributed by atoms with van der Waals surface area (Å²) in [4.78, 5) is 73.7. The molecule has 0 bridgehead atoms. The fourth-order valence-corrected chi connectivity index (χ4v) is 10.4. The van der Waals surface area contributed by atoms with Crippen molar-refractivity contribution in [1.82, 2.24) is 10.6 Å². The average molecular weight is 1040 g/mol. The molecule has 0 saturated carbocycles. The lowest BCUT2D eigenvalue weighted by Gasteiger charge is -2.27. The highest BCUT2D eigenvalue weighted by atomic mass is 32.2. The van der Waals surface area contributed by atoms with Gasteiger partial charge in [0.1, 0.15) is 18.6 Å². The molecule has 73 heavy (non-hydrogen) atoms. The zero-order valence-corrected chi connectivity index (χ0v) is 41.7. The number of carbonyl (C=O) groups excluding carboxylic acids is 2. The molecule has 0 radical (unpaired) electrons. The Morgan fingerprint density at radius 2 is 1.30 bits per heavy atom. The van der Waals surface area contributed by atoms with Crippen LogP contribution < -0.4 is 15.5 Å². The van der Waals surface area contributed by atoms with Crippen LogP contribution in [0.3, 0.4) is 0 Å². The number of carboxylic acids is 4. The van der Waals surface area contributed by atoms with Crippen LogP contribution in [0.1, 0.15) is 77.3 Å². The quantitative estimate of drug-likeness (QED) is 0.00871. The maximum absolute atomic E-state index is 12.8. The Balaban J connectivity index is 1.28. The van der Waals surface area contributed by atoms with Crippen LogP contribution in [0.5, 0.6) is 0 Å². The van der Waals surface area contributed by atoms with Crippen LogP contribution in [-0.2, 0) is 59.1 Å². The lowest BCUT2D eigenvalue weighted by molar-refractivity contribution is -0.438. The fraction of sp³-hybridized carbons (Fsp3) is 0.314. The Morgan fingerprint density at radius 1 is 0.726 bits per heavy atom. The van der Waals surface area contributed by atoms with Gasteiger partial charge in [-0.15, -0.1) is 4.33 Å².